The van der Waals surface area contributed by atoms with Crippen LogP contribution in [0, 0.1) is 6.92 Å². The van der Waals surface area contributed by atoms with Crippen LogP contribution in [0.3, 0.4) is 0 Å². The van der Waals surface area contributed by atoms with Crippen LogP contribution in [0.25, 0.3) is 0 Å². The number of carbonyl (C=O) groups excluding carboxylic acids is 1. The number of amides is 1. The zero-order valence-corrected chi connectivity index (χ0v) is 13.1. The smallest absolute Gasteiger partial charge is 0.326 e. The summed E-state index contributed by atoms with van der Waals surface area (Å²) in [5, 5.41) is 0. The number of aromatic amines is 2. The van der Waals surface area contributed by atoms with Crippen molar-refractivity contribution in [1.82, 2.24) is 24.8 Å². The van der Waals surface area contributed by atoms with Crippen molar-refractivity contribution in [2.24, 2.45) is 0 Å². The summed E-state index contributed by atoms with van der Waals surface area (Å²) in [6.45, 7) is 2.67. The predicted octanol–water partition coefficient (Wildman–Crippen LogP) is -0.155. The van der Waals surface area contributed by atoms with Gasteiger partial charge in [-0.1, -0.05) is 0 Å². The van der Waals surface area contributed by atoms with Crippen molar-refractivity contribution in [3.8, 4) is 5.88 Å². The second-order valence-corrected chi connectivity index (χ2v) is 5.58. The maximum absolute atomic E-state index is 12.5. The number of piperidine rings is 1. The Hall–Kier alpha value is -2.97. The molecule has 24 heavy (non-hydrogen) atoms. The fourth-order valence-corrected chi connectivity index (χ4v) is 2.64. The van der Waals surface area contributed by atoms with Crippen LogP contribution < -0.4 is 16.0 Å². The molecule has 9 nitrogen and oxygen atoms in total. The lowest BCUT2D eigenvalue weighted by Crippen LogP contribution is -2.45. The van der Waals surface area contributed by atoms with Gasteiger partial charge in [0.05, 0.1) is 6.54 Å². The molecule has 0 saturated carbocycles. The summed E-state index contributed by atoms with van der Waals surface area (Å²) in [6, 6.07) is 2.75. The van der Waals surface area contributed by atoms with E-state index in [0.717, 1.165) is 18.9 Å². The van der Waals surface area contributed by atoms with E-state index in [-0.39, 0.29) is 11.8 Å². The minimum Gasteiger partial charge on any atom is -0.472 e. The summed E-state index contributed by atoms with van der Waals surface area (Å²) < 4.78 is 5.82. The number of hydrogen-bond donors (Lipinski definition) is 2. The number of nitrogens with one attached hydrogen (secondary N) is 2. The first-order valence-electron chi connectivity index (χ1n) is 7.60. The molecule has 1 aliphatic heterocycles. The van der Waals surface area contributed by atoms with E-state index in [0.29, 0.717) is 24.8 Å². The molecule has 1 fully saturated rings. The van der Waals surface area contributed by atoms with E-state index in [1.165, 1.54) is 0 Å². The summed E-state index contributed by atoms with van der Waals surface area (Å²) in [5.74, 6) is 0.675. The quantitative estimate of drug-likeness (QED) is 0.806. The molecule has 2 aromatic rings. The lowest BCUT2D eigenvalue weighted by Gasteiger charge is -2.32. The van der Waals surface area contributed by atoms with E-state index in [9.17, 15) is 14.4 Å². The second kappa shape index (κ2) is 6.65. The highest BCUT2D eigenvalue weighted by Gasteiger charge is 2.26. The SMILES string of the molecule is Cc1nccc(O[C@H]2CCCN(C(=O)c3cc(=O)[nH]c(=O)[nH]3)C2)n1. The molecule has 3 rings (SSSR count). The minimum absolute atomic E-state index is 0.0257. The number of aryl methyl sites for hydroxylation is 1. The zero-order valence-electron chi connectivity index (χ0n) is 13.1. The van der Waals surface area contributed by atoms with E-state index in [2.05, 4.69) is 15.0 Å². The average molecular weight is 331 g/mol. The summed E-state index contributed by atoms with van der Waals surface area (Å²) in [6.07, 6.45) is 2.96. The number of rotatable bonds is 3. The molecule has 0 spiro atoms. The van der Waals surface area contributed by atoms with E-state index >= 15 is 0 Å². The molecule has 126 valence electrons. The van der Waals surface area contributed by atoms with Crippen LogP contribution in [-0.2, 0) is 0 Å². The molecule has 1 saturated heterocycles. The molecule has 2 N–H and O–H groups in total. The Kier molecular flexibility index (Phi) is 4.41. The van der Waals surface area contributed by atoms with Crippen LogP contribution in [0.2, 0.25) is 0 Å². The van der Waals surface area contributed by atoms with Crippen molar-refractivity contribution in [1.29, 1.82) is 0 Å². The van der Waals surface area contributed by atoms with Crippen molar-refractivity contribution in [3.05, 3.63) is 50.7 Å². The predicted molar refractivity (Wildman–Crippen MR) is 84.0 cm³/mol. The number of hydrogen-bond acceptors (Lipinski definition) is 6. The molecule has 1 atom stereocenters. The first-order chi connectivity index (χ1) is 11.5. The van der Waals surface area contributed by atoms with Gasteiger partial charge in [-0.2, -0.15) is 4.98 Å². The largest absolute Gasteiger partial charge is 0.472 e. The van der Waals surface area contributed by atoms with Gasteiger partial charge in [0.2, 0.25) is 5.88 Å². The van der Waals surface area contributed by atoms with Crippen LogP contribution in [0.1, 0.15) is 29.2 Å². The number of ether oxygens (including phenoxy) is 1. The molecular weight excluding hydrogens is 314 g/mol. The maximum atomic E-state index is 12.5. The maximum Gasteiger partial charge on any atom is 0.326 e. The Labute approximate surface area is 136 Å². The van der Waals surface area contributed by atoms with Crippen molar-refractivity contribution in [3.63, 3.8) is 0 Å². The fraction of sp³-hybridized carbons (Fsp3) is 0.400. The van der Waals surface area contributed by atoms with Gasteiger partial charge in [-0.25, -0.2) is 9.78 Å². The van der Waals surface area contributed by atoms with Gasteiger partial charge in [-0.3, -0.25) is 14.6 Å². The highest BCUT2D eigenvalue weighted by atomic mass is 16.5. The zero-order chi connectivity index (χ0) is 17.1. The van der Waals surface area contributed by atoms with Gasteiger partial charge in [0.15, 0.2) is 0 Å². The van der Waals surface area contributed by atoms with Gasteiger partial charge in [0.25, 0.3) is 11.5 Å². The minimum atomic E-state index is -0.702. The van der Waals surface area contributed by atoms with Gasteiger partial charge in [-0.15, -0.1) is 0 Å². The van der Waals surface area contributed by atoms with E-state index < -0.39 is 17.2 Å². The van der Waals surface area contributed by atoms with Gasteiger partial charge in [-0.05, 0) is 19.8 Å². The van der Waals surface area contributed by atoms with Crippen LogP contribution >= 0.6 is 0 Å². The molecular formula is C15H17N5O4. The van der Waals surface area contributed by atoms with Crippen molar-refractivity contribution in [2.45, 2.75) is 25.9 Å². The summed E-state index contributed by atoms with van der Waals surface area (Å²) in [5.41, 5.74) is -1.34. The molecule has 0 aliphatic carbocycles. The topological polar surface area (TPSA) is 121 Å². The standard InChI is InChI=1S/C15H17N5O4/c1-9-16-5-4-13(17-9)24-10-3-2-6-20(8-10)14(22)11-7-12(21)19-15(23)18-11/h4-5,7,10H,2-3,6,8H2,1H3,(H2,18,19,21,23)/t10-/m0/s1. The lowest BCUT2D eigenvalue weighted by molar-refractivity contribution is 0.0521. The highest BCUT2D eigenvalue weighted by molar-refractivity contribution is 5.92. The van der Waals surface area contributed by atoms with Gasteiger partial charge < -0.3 is 14.6 Å². The van der Waals surface area contributed by atoms with E-state index in [1.807, 2.05) is 4.98 Å². The molecule has 3 heterocycles. The molecule has 0 radical (unpaired) electrons. The Morgan fingerprint density at radius 3 is 2.96 bits per heavy atom. The molecule has 0 unspecified atom stereocenters. The second-order valence-electron chi connectivity index (χ2n) is 5.58. The number of carbonyl (C=O) groups is 1. The van der Waals surface area contributed by atoms with Crippen LogP contribution in [0.4, 0.5) is 0 Å². The monoisotopic (exact) mass is 331 g/mol. The molecule has 0 aromatic carbocycles. The third kappa shape index (κ3) is 3.67. The van der Waals surface area contributed by atoms with Gasteiger partial charge in [0.1, 0.15) is 17.6 Å². The summed E-state index contributed by atoms with van der Waals surface area (Å²) >= 11 is 0. The average Bonchev–Trinajstić information content (AvgIpc) is 2.53. The number of aromatic nitrogens is 4. The van der Waals surface area contributed by atoms with Gasteiger partial charge >= 0.3 is 5.69 Å². The first-order valence-corrected chi connectivity index (χ1v) is 7.60. The van der Waals surface area contributed by atoms with Crippen molar-refractivity contribution < 1.29 is 9.53 Å². The first kappa shape index (κ1) is 15.9. The molecule has 1 aliphatic rings. The number of H-pyrrole nitrogens is 2. The highest BCUT2D eigenvalue weighted by Crippen LogP contribution is 2.17. The summed E-state index contributed by atoms with van der Waals surface area (Å²) in [4.78, 5) is 49.3. The summed E-state index contributed by atoms with van der Waals surface area (Å²) in [7, 11) is 0. The van der Waals surface area contributed by atoms with Crippen LogP contribution in [0.15, 0.2) is 27.9 Å². The third-order valence-electron chi connectivity index (χ3n) is 3.69. The molecule has 0 bridgehead atoms. The Bertz CT molecular complexity index is 831. The third-order valence-corrected chi connectivity index (χ3v) is 3.69. The van der Waals surface area contributed by atoms with Crippen molar-refractivity contribution >= 4 is 5.91 Å². The van der Waals surface area contributed by atoms with Crippen LogP contribution in [-0.4, -0.2) is 49.9 Å². The number of likely N-dealkylation sites (tertiary alicyclic amines) is 1. The normalized spacial score (nSPS) is 17.5. The Morgan fingerprint density at radius 2 is 2.21 bits per heavy atom. The van der Waals surface area contributed by atoms with E-state index in [4.69, 9.17) is 4.74 Å². The number of nitrogens with zero attached hydrogens (tertiary/aromatic N) is 3. The molecule has 9 heteroatoms. The van der Waals surface area contributed by atoms with E-state index in [1.54, 1.807) is 24.1 Å². The molecule has 1 amide bonds. The van der Waals surface area contributed by atoms with Crippen molar-refractivity contribution in [2.75, 3.05) is 13.1 Å². The Morgan fingerprint density at radius 1 is 1.38 bits per heavy atom. The molecule has 2 aromatic heterocycles. The lowest BCUT2D eigenvalue weighted by atomic mass is 10.1. The fourth-order valence-electron chi connectivity index (χ4n) is 2.64. The van der Waals surface area contributed by atoms with Gasteiger partial charge in [0, 0.05) is 24.9 Å². The van der Waals surface area contributed by atoms with Crippen LogP contribution in [0.5, 0.6) is 5.88 Å². The Balaban J connectivity index is 1.72.